The zero-order valence-corrected chi connectivity index (χ0v) is 12.1. The standard InChI is InChI=1S/C12H19NO2S2/c1-4-16-9-10(2)13-11-5-7-12(8-6-11)17(3,14)15/h5-8,10,13H,4,9H2,1-3H3. The quantitative estimate of drug-likeness (QED) is 0.865. The molecule has 0 radical (unpaired) electrons. The second-order valence-corrected chi connectivity index (χ2v) is 7.34. The molecule has 96 valence electrons. The van der Waals surface area contributed by atoms with E-state index in [-0.39, 0.29) is 0 Å². The van der Waals surface area contributed by atoms with E-state index in [9.17, 15) is 8.42 Å². The van der Waals surface area contributed by atoms with Crippen LogP contribution in [0.2, 0.25) is 0 Å². The van der Waals surface area contributed by atoms with Crippen molar-refractivity contribution in [2.24, 2.45) is 0 Å². The molecule has 0 saturated carbocycles. The summed E-state index contributed by atoms with van der Waals surface area (Å²) in [5.74, 6) is 2.16. The van der Waals surface area contributed by atoms with Crippen molar-refractivity contribution in [1.29, 1.82) is 0 Å². The molecule has 17 heavy (non-hydrogen) atoms. The van der Waals surface area contributed by atoms with Crippen molar-refractivity contribution in [3.05, 3.63) is 24.3 Å². The SMILES string of the molecule is CCSCC(C)Nc1ccc(S(C)(=O)=O)cc1. The van der Waals surface area contributed by atoms with Crippen molar-refractivity contribution >= 4 is 27.3 Å². The molecule has 3 nitrogen and oxygen atoms in total. The normalized spacial score (nSPS) is 13.4. The van der Waals surface area contributed by atoms with E-state index in [2.05, 4.69) is 19.2 Å². The highest BCUT2D eigenvalue weighted by molar-refractivity contribution is 7.99. The number of hydrogen-bond donors (Lipinski definition) is 1. The first-order chi connectivity index (χ1) is 7.93. The summed E-state index contributed by atoms with van der Waals surface area (Å²) in [7, 11) is -3.09. The fourth-order valence-electron chi connectivity index (χ4n) is 1.42. The summed E-state index contributed by atoms with van der Waals surface area (Å²) >= 11 is 1.88. The molecule has 1 aromatic carbocycles. The Balaban J connectivity index is 2.63. The molecule has 0 aromatic heterocycles. The minimum Gasteiger partial charge on any atom is -0.382 e. The van der Waals surface area contributed by atoms with Crippen LogP contribution in [0.3, 0.4) is 0 Å². The fraction of sp³-hybridized carbons (Fsp3) is 0.500. The largest absolute Gasteiger partial charge is 0.382 e. The molecule has 0 bridgehead atoms. The van der Waals surface area contributed by atoms with Gasteiger partial charge in [-0.1, -0.05) is 6.92 Å². The van der Waals surface area contributed by atoms with Crippen molar-refractivity contribution in [3.63, 3.8) is 0 Å². The molecular weight excluding hydrogens is 254 g/mol. The average molecular weight is 273 g/mol. The molecule has 1 aromatic rings. The van der Waals surface area contributed by atoms with E-state index < -0.39 is 9.84 Å². The molecule has 0 fully saturated rings. The predicted molar refractivity (Wildman–Crippen MR) is 75.6 cm³/mol. The van der Waals surface area contributed by atoms with Gasteiger partial charge < -0.3 is 5.32 Å². The van der Waals surface area contributed by atoms with E-state index in [4.69, 9.17) is 0 Å². The smallest absolute Gasteiger partial charge is 0.175 e. The third-order valence-corrected chi connectivity index (χ3v) is 4.54. The van der Waals surface area contributed by atoms with Crippen LogP contribution in [0.25, 0.3) is 0 Å². The van der Waals surface area contributed by atoms with Gasteiger partial charge in [-0.25, -0.2) is 8.42 Å². The summed E-state index contributed by atoms with van der Waals surface area (Å²) in [6.45, 7) is 4.26. The minimum atomic E-state index is -3.09. The summed E-state index contributed by atoms with van der Waals surface area (Å²) in [5, 5.41) is 3.34. The number of thioether (sulfide) groups is 1. The van der Waals surface area contributed by atoms with Gasteiger partial charge in [0.1, 0.15) is 0 Å². The zero-order chi connectivity index (χ0) is 12.9. The lowest BCUT2D eigenvalue weighted by Crippen LogP contribution is -2.17. The van der Waals surface area contributed by atoms with Gasteiger partial charge in [0.05, 0.1) is 4.90 Å². The zero-order valence-electron chi connectivity index (χ0n) is 10.4. The second kappa shape index (κ2) is 6.31. The highest BCUT2D eigenvalue weighted by Gasteiger charge is 2.07. The van der Waals surface area contributed by atoms with Crippen LogP contribution in [0.15, 0.2) is 29.2 Å². The van der Waals surface area contributed by atoms with Crippen molar-refractivity contribution in [1.82, 2.24) is 0 Å². The number of rotatable bonds is 6. The topological polar surface area (TPSA) is 46.2 Å². The second-order valence-electron chi connectivity index (χ2n) is 4.00. The Labute approximate surface area is 108 Å². The molecule has 1 rings (SSSR count). The Morgan fingerprint density at radius 2 is 1.88 bits per heavy atom. The Morgan fingerprint density at radius 3 is 2.35 bits per heavy atom. The van der Waals surface area contributed by atoms with Gasteiger partial charge in [0.2, 0.25) is 0 Å². The lowest BCUT2D eigenvalue weighted by Gasteiger charge is -2.14. The Kier molecular flexibility index (Phi) is 5.33. The summed E-state index contributed by atoms with van der Waals surface area (Å²) in [6, 6.07) is 7.27. The van der Waals surface area contributed by atoms with Crippen LogP contribution in [-0.4, -0.2) is 32.2 Å². The van der Waals surface area contributed by atoms with Crippen LogP contribution in [0.5, 0.6) is 0 Å². The molecule has 0 heterocycles. The van der Waals surface area contributed by atoms with E-state index in [1.54, 1.807) is 12.1 Å². The molecule has 0 aliphatic rings. The molecule has 0 amide bonds. The monoisotopic (exact) mass is 273 g/mol. The molecule has 1 atom stereocenters. The Bertz CT molecular complexity index is 440. The van der Waals surface area contributed by atoms with E-state index in [1.165, 1.54) is 6.26 Å². The maximum atomic E-state index is 11.3. The summed E-state index contributed by atoms with van der Waals surface area (Å²) in [4.78, 5) is 0.360. The van der Waals surface area contributed by atoms with Gasteiger partial charge in [0, 0.05) is 23.7 Å². The molecule has 1 unspecified atom stereocenters. The number of nitrogens with one attached hydrogen (secondary N) is 1. The summed E-state index contributed by atoms with van der Waals surface area (Å²) < 4.78 is 22.6. The average Bonchev–Trinajstić information content (AvgIpc) is 2.26. The van der Waals surface area contributed by atoms with Gasteiger partial charge in [-0.05, 0) is 36.9 Å². The maximum Gasteiger partial charge on any atom is 0.175 e. The van der Waals surface area contributed by atoms with E-state index in [0.29, 0.717) is 10.9 Å². The van der Waals surface area contributed by atoms with E-state index in [1.807, 2.05) is 23.9 Å². The van der Waals surface area contributed by atoms with Crippen molar-refractivity contribution < 1.29 is 8.42 Å². The third-order valence-electron chi connectivity index (χ3n) is 2.27. The molecule has 1 N–H and O–H groups in total. The number of anilines is 1. The lowest BCUT2D eigenvalue weighted by atomic mass is 10.3. The summed E-state index contributed by atoms with van der Waals surface area (Å²) in [6.07, 6.45) is 1.22. The van der Waals surface area contributed by atoms with Crippen molar-refractivity contribution in [3.8, 4) is 0 Å². The predicted octanol–water partition coefficient (Wildman–Crippen LogP) is 2.64. The molecule has 0 aliphatic carbocycles. The molecule has 0 saturated heterocycles. The van der Waals surface area contributed by atoms with Gasteiger partial charge in [-0.2, -0.15) is 11.8 Å². The van der Waals surface area contributed by atoms with Crippen LogP contribution in [0.4, 0.5) is 5.69 Å². The first kappa shape index (κ1) is 14.4. The van der Waals surface area contributed by atoms with Crippen LogP contribution >= 0.6 is 11.8 Å². The number of benzene rings is 1. The van der Waals surface area contributed by atoms with E-state index >= 15 is 0 Å². The number of hydrogen-bond acceptors (Lipinski definition) is 4. The van der Waals surface area contributed by atoms with Crippen LogP contribution < -0.4 is 5.32 Å². The van der Waals surface area contributed by atoms with Gasteiger partial charge >= 0.3 is 0 Å². The van der Waals surface area contributed by atoms with Gasteiger partial charge in [0.25, 0.3) is 0 Å². The Morgan fingerprint density at radius 1 is 1.29 bits per heavy atom. The fourth-order valence-corrected chi connectivity index (χ4v) is 2.72. The first-order valence-corrected chi connectivity index (χ1v) is 8.62. The summed E-state index contributed by atoms with van der Waals surface area (Å²) in [5.41, 5.74) is 0.960. The first-order valence-electron chi connectivity index (χ1n) is 5.58. The Hall–Kier alpha value is -0.680. The van der Waals surface area contributed by atoms with Crippen LogP contribution in [0.1, 0.15) is 13.8 Å². The van der Waals surface area contributed by atoms with Crippen LogP contribution in [0, 0.1) is 0 Å². The third kappa shape index (κ3) is 5.00. The highest BCUT2D eigenvalue weighted by atomic mass is 32.2. The molecule has 0 aliphatic heterocycles. The maximum absolute atomic E-state index is 11.3. The lowest BCUT2D eigenvalue weighted by molar-refractivity contribution is 0.602. The van der Waals surface area contributed by atoms with Crippen molar-refractivity contribution in [2.45, 2.75) is 24.8 Å². The molecule has 5 heteroatoms. The van der Waals surface area contributed by atoms with E-state index in [0.717, 1.165) is 17.2 Å². The van der Waals surface area contributed by atoms with Crippen molar-refractivity contribution in [2.75, 3.05) is 23.1 Å². The molecular formula is C12H19NO2S2. The van der Waals surface area contributed by atoms with Gasteiger partial charge in [-0.15, -0.1) is 0 Å². The highest BCUT2D eigenvalue weighted by Crippen LogP contribution is 2.15. The minimum absolute atomic E-state index is 0.360. The molecule has 0 spiro atoms. The number of sulfone groups is 1. The van der Waals surface area contributed by atoms with Crippen LogP contribution in [-0.2, 0) is 9.84 Å². The van der Waals surface area contributed by atoms with Gasteiger partial charge in [0.15, 0.2) is 9.84 Å². The van der Waals surface area contributed by atoms with Gasteiger partial charge in [-0.3, -0.25) is 0 Å².